The average molecular weight is 448 g/mol. The highest BCUT2D eigenvalue weighted by atomic mass is 19.1. The third-order valence-corrected chi connectivity index (χ3v) is 5.20. The fourth-order valence-electron chi connectivity index (χ4n) is 3.28. The zero-order valence-corrected chi connectivity index (χ0v) is 18.0. The highest BCUT2D eigenvalue weighted by Gasteiger charge is 2.29. The number of halogens is 1. The van der Waals surface area contributed by atoms with Gasteiger partial charge in [0.15, 0.2) is 18.2 Å². The van der Waals surface area contributed by atoms with E-state index in [2.05, 4.69) is 10.6 Å². The minimum Gasteiger partial charge on any atom is -0.488 e. The summed E-state index contributed by atoms with van der Waals surface area (Å²) in [6, 6.07) is 21.9. The van der Waals surface area contributed by atoms with Crippen LogP contribution in [0.25, 0.3) is 0 Å². The monoisotopic (exact) mass is 448 g/mol. The van der Waals surface area contributed by atoms with E-state index < -0.39 is 11.9 Å². The van der Waals surface area contributed by atoms with Gasteiger partial charge in [-0.2, -0.15) is 0 Å². The molecule has 1 unspecified atom stereocenters. The van der Waals surface area contributed by atoms with Gasteiger partial charge in [0.2, 0.25) is 5.91 Å². The maximum Gasteiger partial charge on any atom is 0.258 e. The van der Waals surface area contributed by atoms with Crippen molar-refractivity contribution >= 4 is 17.5 Å². The summed E-state index contributed by atoms with van der Waals surface area (Å²) < 4.78 is 25.2. The SMILES string of the molecule is O=C(COc1cccc(NC(=O)C2CC2)c1)NC(COc1ccccc1F)c1ccccc1. The first-order valence-corrected chi connectivity index (χ1v) is 10.8. The molecule has 1 saturated carbocycles. The van der Waals surface area contributed by atoms with E-state index >= 15 is 0 Å². The van der Waals surface area contributed by atoms with Crippen molar-refractivity contribution in [3.8, 4) is 11.5 Å². The molecule has 1 aliphatic carbocycles. The molecule has 0 heterocycles. The third kappa shape index (κ3) is 6.55. The second kappa shape index (κ2) is 10.6. The number of hydrogen-bond acceptors (Lipinski definition) is 4. The summed E-state index contributed by atoms with van der Waals surface area (Å²) in [7, 11) is 0. The van der Waals surface area contributed by atoms with Crippen molar-refractivity contribution in [1.29, 1.82) is 0 Å². The van der Waals surface area contributed by atoms with Gasteiger partial charge in [-0.25, -0.2) is 4.39 Å². The number of anilines is 1. The zero-order valence-electron chi connectivity index (χ0n) is 18.0. The first kappa shape index (κ1) is 22.3. The van der Waals surface area contributed by atoms with Crippen LogP contribution in [0.1, 0.15) is 24.4 Å². The van der Waals surface area contributed by atoms with Gasteiger partial charge in [-0.1, -0.05) is 48.5 Å². The van der Waals surface area contributed by atoms with Gasteiger partial charge in [0.25, 0.3) is 5.91 Å². The molecule has 0 bridgehead atoms. The van der Waals surface area contributed by atoms with Crippen molar-refractivity contribution in [2.75, 3.05) is 18.5 Å². The van der Waals surface area contributed by atoms with E-state index in [0.717, 1.165) is 18.4 Å². The van der Waals surface area contributed by atoms with Crippen LogP contribution in [0.3, 0.4) is 0 Å². The Hall–Kier alpha value is -3.87. The second-order valence-electron chi connectivity index (χ2n) is 7.85. The van der Waals surface area contributed by atoms with E-state index in [0.29, 0.717) is 11.4 Å². The Labute approximate surface area is 191 Å². The van der Waals surface area contributed by atoms with Crippen LogP contribution in [-0.4, -0.2) is 25.0 Å². The Morgan fingerprint density at radius 1 is 0.939 bits per heavy atom. The molecule has 1 aliphatic rings. The van der Waals surface area contributed by atoms with Crippen LogP contribution in [0.2, 0.25) is 0 Å². The summed E-state index contributed by atoms with van der Waals surface area (Å²) in [5.74, 6) is -0.125. The highest BCUT2D eigenvalue weighted by molar-refractivity contribution is 5.94. The Morgan fingerprint density at radius 2 is 1.70 bits per heavy atom. The molecular formula is C26H25FN2O4. The van der Waals surface area contributed by atoms with Crippen LogP contribution in [0.4, 0.5) is 10.1 Å². The van der Waals surface area contributed by atoms with Crippen LogP contribution >= 0.6 is 0 Å². The molecule has 0 aliphatic heterocycles. The molecule has 3 aromatic carbocycles. The molecule has 0 spiro atoms. The van der Waals surface area contributed by atoms with Gasteiger partial charge in [-0.3, -0.25) is 9.59 Å². The molecule has 170 valence electrons. The van der Waals surface area contributed by atoms with E-state index in [1.165, 1.54) is 12.1 Å². The van der Waals surface area contributed by atoms with E-state index in [1.807, 2.05) is 30.3 Å². The van der Waals surface area contributed by atoms with E-state index in [4.69, 9.17) is 9.47 Å². The fraction of sp³-hybridized carbons (Fsp3) is 0.231. The van der Waals surface area contributed by atoms with Gasteiger partial charge in [-0.05, 0) is 42.7 Å². The van der Waals surface area contributed by atoms with Crippen LogP contribution in [0, 0.1) is 11.7 Å². The number of rotatable bonds is 10. The number of para-hydroxylation sites is 1. The van der Waals surface area contributed by atoms with Crippen molar-refractivity contribution in [1.82, 2.24) is 5.32 Å². The van der Waals surface area contributed by atoms with Crippen molar-refractivity contribution < 1.29 is 23.5 Å². The summed E-state index contributed by atoms with van der Waals surface area (Å²) in [6.45, 7) is -0.164. The van der Waals surface area contributed by atoms with Crippen LogP contribution in [-0.2, 0) is 9.59 Å². The molecule has 0 saturated heterocycles. The van der Waals surface area contributed by atoms with Crippen molar-refractivity contribution in [3.63, 3.8) is 0 Å². The number of ether oxygens (including phenoxy) is 2. The largest absolute Gasteiger partial charge is 0.488 e. The summed E-state index contributed by atoms with van der Waals surface area (Å²) in [4.78, 5) is 24.5. The summed E-state index contributed by atoms with van der Waals surface area (Å²) in [5.41, 5.74) is 1.46. The molecule has 7 heteroatoms. The lowest BCUT2D eigenvalue weighted by Gasteiger charge is -2.20. The molecule has 2 amide bonds. The lowest BCUT2D eigenvalue weighted by atomic mass is 10.1. The summed E-state index contributed by atoms with van der Waals surface area (Å²) in [5, 5.41) is 5.74. The molecule has 6 nitrogen and oxygen atoms in total. The molecule has 3 aromatic rings. The predicted octanol–water partition coefficient (Wildman–Crippen LogP) is 4.49. The standard InChI is InChI=1S/C26H25FN2O4/c27-22-11-4-5-12-24(22)33-16-23(18-7-2-1-3-8-18)29-25(30)17-32-21-10-6-9-20(15-21)28-26(31)19-13-14-19/h1-12,15,19,23H,13-14,16-17H2,(H,28,31)(H,29,30). The molecule has 0 radical (unpaired) electrons. The van der Waals surface area contributed by atoms with Gasteiger partial charge in [-0.15, -0.1) is 0 Å². The zero-order chi connectivity index (χ0) is 23.0. The minimum absolute atomic E-state index is 0.00505. The summed E-state index contributed by atoms with van der Waals surface area (Å²) in [6.07, 6.45) is 1.84. The fourth-order valence-corrected chi connectivity index (χ4v) is 3.28. The lowest BCUT2D eigenvalue weighted by molar-refractivity contribution is -0.124. The minimum atomic E-state index is -0.494. The molecule has 4 rings (SSSR count). The Morgan fingerprint density at radius 3 is 2.45 bits per heavy atom. The molecule has 1 fully saturated rings. The molecule has 0 aromatic heterocycles. The van der Waals surface area contributed by atoms with Crippen LogP contribution < -0.4 is 20.1 Å². The van der Waals surface area contributed by atoms with Gasteiger partial charge in [0, 0.05) is 17.7 Å². The number of amides is 2. The maximum atomic E-state index is 13.9. The smallest absolute Gasteiger partial charge is 0.258 e. The number of hydrogen-bond donors (Lipinski definition) is 2. The molecule has 1 atom stereocenters. The van der Waals surface area contributed by atoms with Crippen LogP contribution in [0.5, 0.6) is 11.5 Å². The number of nitrogens with one attached hydrogen (secondary N) is 2. The van der Waals surface area contributed by atoms with Crippen molar-refractivity contribution in [3.05, 3.63) is 90.2 Å². The number of carbonyl (C=O) groups is 2. The van der Waals surface area contributed by atoms with E-state index in [-0.39, 0.29) is 36.7 Å². The van der Waals surface area contributed by atoms with Crippen molar-refractivity contribution in [2.24, 2.45) is 5.92 Å². The van der Waals surface area contributed by atoms with Gasteiger partial charge in [0.1, 0.15) is 12.4 Å². The van der Waals surface area contributed by atoms with E-state index in [9.17, 15) is 14.0 Å². The molecule has 33 heavy (non-hydrogen) atoms. The highest BCUT2D eigenvalue weighted by Crippen LogP contribution is 2.30. The van der Waals surface area contributed by atoms with Gasteiger partial charge < -0.3 is 20.1 Å². The summed E-state index contributed by atoms with van der Waals surface area (Å²) >= 11 is 0. The normalized spacial score (nSPS) is 13.6. The second-order valence-corrected chi connectivity index (χ2v) is 7.85. The Bertz CT molecular complexity index is 1100. The third-order valence-electron chi connectivity index (χ3n) is 5.20. The molecular weight excluding hydrogens is 423 g/mol. The number of benzene rings is 3. The average Bonchev–Trinajstić information content (AvgIpc) is 3.68. The maximum absolute atomic E-state index is 13.9. The first-order valence-electron chi connectivity index (χ1n) is 10.8. The topological polar surface area (TPSA) is 76.7 Å². The Balaban J connectivity index is 1.34. The quantitative estimate of drug-likeness (QED) is 0.479. The predicted molar refractivity (Wildman–Crippen MR) is 123 cm³/mol. The van der Waals surface area contributed by atoms with Crippen molar-refractivity contribution in [2.45, 2.75) is 18.9 Å². The van der Waals surface area contributed by atoms with Gasteiger partial charge >= 0.3 is 0 Å². The lowest BCUT2D eigenvalue weighted by Crippen LogP contribution is -2.35. The van der Waals surface area contributed by atoms with Gasteiger partial charge in [0.05, 0.1) is 6.04 Å². The number of carbonyl (C=O) groups excluding carboxylic acids is 2. The van der Waals surface area contributed by atoms with E-state index in [1.54, 1.807) is 36.4 Å². The first-order chi connectivity index (χ1) is 16.1. The molecule has 2 N–H and O–H groups in total. The Kier molecular flexibility index (Phi) is 7.19. The van der Waals surface area contributed by atoms with Crippen LogP contribution in [0.15, 0.2) is 78.9 Å².